The molecular weight excluding hydrogens is 296 g/mol. The molecule has 5 heteroatoms. The van der Waals surface area contributed by atoms with E-state index in [-0.39, 0.29) is 0 Å². The minimum Gasteiger partial charge on any atom is -0.480 e. The van der Waals surface area contributed by atoms with Gasteiger partial charge in [-0.2, -0.15) is 0 Å². The fourth-order valence-electron chi connectivity index (χ4n) is 2.40. The van der Waals surface area contributed by atoms with Crippen LogP contribution in [0.25, 0.3) is 0 Å². The van der Waals surface area contributed by atoms with E-state index in [2.05, 4.69) is 26.2 Å². The highest BCUT2D eigenvalue weighted by atomic mass is 79.9. The van der Waals surface area contributed by atoms with Gasteiger partial charge in [-0.15, -0.1) is 0 Å². The van der Waals surface area contributed by atoms with Crippen molar-refractivity contribution in [3.63, 3.8) is 0 Å². The predicted octanol–water partition coefficient (Wildman–Crippen LogP) is 2.89. The van der Waals surface area contributed by atoms with Crippen molar-refractivity contribution in [3.8, 4) is 0 Å². The summed E-state index contributed by atoms with van der Waals surface area (Å²) >= 11 is 3.32. The van der Waals surface area contributed by atoms with E-state index in [4.69, 9.17) is 0 Å². The number of hydrogen-bond donors (Lipinski definition) is 2. The molecule has 0 aliphatic heterocycles. The van der Waals surface area contributed by atoms with Gasteiger partial charge in [-0.3, -0.25) is 15.1 Å². The first-order valence-electron chi connectivity index (χ1n) is 6.26. The predicted molar refractivity (Wildman–Crippen MR) is 72.3 cm³/mol. The zero-order valence-corrected chi connectivity index (χ0v) is 11.7. The number of pyridine rings is 1. The van der Waals surface area contributed by atoms with Gasteiger partial charge in [0, 0.05) is 22.9 Å². The van der Waals surface area contributed by atoms with Gasteiger partial charge in [0.05, 0.1) is 0 Å². The summed E-state index contributed by atoms with van der Waals surface area (Å²) in [5.74, 6) is -0.847. The molecular formula is C13H17BrN2O2. The van der Waals surface area contributed by atoms with E-state index in [1.165, 1.54) is 19.3 Å². The fraction of sp³-hybridized carbons (Fsp3) is 0.538. The van der Waals surface area contributed by atoms with Crippen molar-refractivity contribution in [2.45, 2.75) is 44.2 Å². The minimum absolute atomic E-state index is 0.304. The summed E-state index contributed by atoms with van der Waals surface area (Å²) in [6.07, 6.45) is 9.01. The Morgan fingerprint density at radius 3 is 2.72 bits per heavy atom. The summed E-state index contributed by atoms with van der Waals surface area (Å²) in [6, 6.07) is 1.44. The lowest BCUT2D eigenvalue weighted by Crippen LogP contribution is -2.38. The first kappa shape index (κ1) is 13.5. The molecule has 1 saturated carbocycles. The first-order chi connectivity index (χ1) is 8.66. The summed E-state index contributed by atoms with van der Waals surface area (Å²) in [5.41, 5.74) is 0.697. The standard InChI is InChI=1S/C13H17BrN2O2/c14-10-6-9(7-15-8-10)12(13(17)18)16-11-4-2-1-3-5-11/h6-8,11-12,16H,1-5H2,(H,17,18). The number of rotatable bonds is 4. The molecule has 2 N–H and O–H groups in total. The van der Waals surface area contributed by atoms with Gasteiger partial charge in [0.2, 0.25) is 0 Å². The Kier molecular flexibility index (Phi) is 4.72. The van der Waals surface area contributed by atoms with Crippen LogP contribution >= 0.6 is 15.9 Å². The molecule has 1 atom stereocenters. The smallest absolute Gasteiger partial charge is 0.325 e. The molecule has 1 aliphatic rings. The number of aliphatic carboxylic acids is 1. The summed E-state index contributed by atoms with van der Waals surface area (Å²) in [7, 11) is 0. The lowest BCUT2D eigenvalue weighted by atomic mass is 9.94. The van der Waals surface area contributed by atoms with Crippen molar-refractivity contribution < 1.29 is 9.90 Å². The molecule has 1 unspecified atom stereocenters. The molecule has 0 radical (unpaired) electrons. The second-order valence-corrected chi connectivity index (χ2v) is 5.63. The normalized spacial score (nSPS) is 18.5. The Labute approximate surface area is 115 Å². The number of halogens is 1. The first-order valence-corrected chi connectivity index (χ1v) is 7.05. The second-order valence-electron chi connectivity index (χ2n) is 4.71. The molecule has 1 heterocycles. The Bertz CT molecular complexity index is 419. The van der Waals surface area contributed by atoms with Gasteiger partial charge in [0.15, 0.2) is 0 Å². The largest absolute Gasteiger partial charge is 0.480 e. The quantitative estimate of drug-likeness (QED) is 0.897. The van der Waals surface area contributed by atoms with E-state index in [9.17, 15) is 9.90 Å². The summed E-state index contributed by atoms with van der Waals surface area (Å²) in [5, 5.41) is 12.6. The third-order valence-corrected chi connectivity index (χ3v) is 3.75. The van der Waals surface area contributed by atoms with Gasteiger partial charge in [0.1, 0.15) is 6.04 Å². The molecule has 1 aromatic rings. The topological polar surface area (TPSA) is 62.2 Å². The number of hydrogen-bond acceptors (Lipinski definition) is 3. The molecule has 1 fully saturated rings. The Morgan fingerprint density at radius 1 is 1.39 bits per heavy atom. The number of carboxylic acid groups (broad SMARTS) is 1. The third kappa shape index (κ3) is 3.53. The van der Waals surface area contributed by atoms with Crippen molar-refractivity contribution >= 4 is 21.9 Å². The highest BCUT2D eigenvalue weighted by Crippen LogP contribution is 2.23. The molecule has 0 aromatic carbocycles. The van der Waals surface area contributed by atoms with Crippen LogP contribution in [0.15, 0.2) is 22.9 Å². The summed E-state index contributed by atoms with van der Waals surface area (Å²) in [6.45, 7) is 0. The molecule has 0 bridgehead atoms. The second kappa shape index (κ2) is 6.29. The maximum Gasteiger partial charge on any atom is 0.325 e. The van der Waals surface area contributed by atoms with Crippen LogP contribution in [0.2, 0.25) is 0 Å². The maximum atomic E-state index is 11.4. The average Bonchev–Trinajstić information content (AvgIpc) is 2.37. The highest BCUT2D eigenvalue weighted by molar-refractivity contribution is 9.10. The molecule has 4 nitrogen and oxygen atoms in total. The monoisotopic (exact) mass is 312 g/mol. The van der Waals surface area contributed by atoms with Crippen LogP contribution in [-0.2, 0) is 4.79 Å². The molecule has 98 valence electrons. The number of nitrogens with zero attached hydrogens (tertiary/aromatic N) is 1. The molecule has 0 spiro atoms. The highest BCUT2D eigenvalue weighted by Gasteiger charge is 2.24. The number of nitrogens with one attached hydrogen (secondary N) is 1. The number of carboxylic acids is 1. The van der Waals surface area contributed by atoms with Crippen molar-refractivity contribution in [2.24, 2.45) is 0 Å². The van der Waals surface area contributed by atoms with Gasteiger partial charge in [-0.1, -0.05) is 19.3 Å². The molecule has 0 saturated heterocycles. The third-order valence-electron chi connectivity index (χ3n) is 3.31. The van der Waals surface area contributed by atoms with Gasteiger partial charge in [-0.05, 0) is 40.4 Å². The van der Waals surface area contributed by atoms with Crippen molar-refractivity contribution in [3.05, 3.63) is 28.5 Å². The van der Waals surface area contributed by atoms with E-state index in [1.807, 2.05) is 6.07 Å². The van der Waals surface area contributed by atoms with Crippen LogP contribution in [0, 0.1) is 0 Å². The van der Waals surface area contributed by atoms with Crippen LogP contribution in [0.4, 0.5) is 0 Å². The van der Waals surface area contributed by atoms with Crippen molar-refractivity contribution in [1.29, 1.82) is 0 Å². The fourth-order valence-corrected chi connectivity index (χ4v) is 2.78. The molecule has 1 aromatic heterocycles. The molecule has 1 aliphatic carbocycles. The van der Waals surface area contributed by atoms with Gasteiger partial charge in [-0.25, -0.2) is 0 Å². The van der Waals surface area contributed by atoms with Gasteiger partial charge >= 0.3 is 5.97 Å². The Hall–Kier alpha value is -0.940. The van der Waals surface area contributed by atoms with Crippen LogP contribution in [0.3, 0.4) is 0 Å². The zero-order valence-electron chi connectivity index (χ0n) is 10.1. The zero-order chi connectivity index (χ0) is 13.0. The summed E-state index contributed by atoms with van der Waals surface area (Å²) in [4.78, 5) is 15.4. The Balaban J connectivity index is 2.10. The molecule has 18 heavy (non-hydrogen) atoms. The van der Waals surface area contributed by atoms with E-state index in [1.54, 1.807) is 12.4 Å². The molecule has 2 rings (SSSR count). The average molecular weight is 313 g/mol. The van der Waals surface area contributed by atoms with E-state index < -0.39 is 12.0 Å². The van der Waals surface area contributed by atoms with E-state index in [0.717, 1.165) is 17.3 Å². The van der Waals surface area contributed by atoms with E-state index >= 15 is 0 Å². The Morgan fingerprint density at radius 2 is 2.11 bits per heavy atom. The molecule has 0 amide bonds. The number of aromatic nitrogens is 1. The number of carbonyl (C=O) groups is 1. The van der Waals surface area contributed by atoms with Gasteiger partial charge in [0.25, 0.3) is 0 Å². The maximum absolute atomic E-state index is 11.4. The van der Waals surface area contributed by atoms with Crippen LogP contribution < -0.4 is 5.32 Å². The lowest BCUT2D eigenvalue weighted by Gasteiger charge is -2.26. The summed E-state index contributed by atoms with van der Waals surface area (Å²) < 4.78 is 0.802. The van der Waals surface area contributed by atoms with Crippen LogP contribution in [0.5, 0.6) is 0 Å². The van der Waals surface area contributed by atoms with Crippen molar-refractivity contribution in [2.75, 3.05) is 0 Å². The SMILES string of the molecule is O=C(O)C(NC1CCCCC1)c1cncc(Br)c1. The lowest BCUT2D eigenvalue weighted by molar-refractivity contribution is -0.140. The minimum atomic E-state index is -0.847. The van der Waals surface area contributed by atoms with Crippen molar-refractivity contribution in [1.82, 2.24) is 10.3 Å². The van der Waals surface area contributed by atoms with E-state index in [0.29, 0.717) is 11.6 Å². The van der Waals surface area contributed by atoms with Gasteiger partial charge < -0.3 is 5.11 Å². The van der Waals surface area contributed by atoms with Crippen LogP contribution in [0.1, 0.15) is 43.7 Å². The van der Waals surface area contributed by atoms with Crippen LogP contribution in [-0.4, -0.2) is 22.1 Å².